The maximum absolute atomic E-state index is 11.7. The summed E-state index contributed by atoms with van der Waals surface area (Å²) in [6, 6.07) is 1.81. The van der Waals surface area contributed by atoms with Crippen LogP contribution in [0.25, 0.3) is 0 Å². The molecule has 0 aliphatic carbocycles. The Hall–Kier alpha value is -1.36. The second-order valence-electron chi connectivity index (χ2n) is 3.79. The van der Waals surface area contributed by atoms with Crippen LogP contribution in [0.3, 0.4) is 0 Å². The molecule has 0 aliphatic heterocycles. The fraction of sp³-hybridized carbons (Fsp3) is 0.636. The molecule has 1 aromatic heterocycles. The van der Waals surface area contributed by atoms with Gasteiger partial charge in [-0.1, -0.05) is 0 Å². The lowest BCUT2D eigenvalue weighted by Crippen LogP contribution is -2.25. The molecule has 90 valence electrons. The molecule has 5 nitrogen and oxygen atoms in total. The van der Waals surface area contributed by atoms with Crippen LogP contribution in [0.4, 0.5) is 0 Å². The van der Waals surface area contributed by atoms with E-state index in [4.69, 9.17) is 9.47 Å². The molecule has 0 amide bonds. The third-order valence-electron chi connectivity index (χ3n) is 2.05. The maximum Gasteiger partial charge on any atom is 0.299 e. The highest BCUT2D eigenvalue weighted by Crippen LogP contribution is 2.04. The van der Waals surface area contributed by atoms with Gasteiger partial charge in [0, 0.05) is 11.8 Å². The molecule has 0 atom stereocenters. The summed E-state index contributed by atoms with van der Waals surface area (Å²) < 4.78 is 11.9. The van der Waals surface area contributed by atoms with Crippen molar-refractivity contribution in [3.05, 3.63) is 22.1 Å². The molecule has 0 aromatic carbocycles. The van der Waals surface area contributed by atoms with Crippen LogP contribution in [0.2, 0.25) is 0 Å². The van der Waals surface area contributed by atoms with Crippen LogP contribution in [0.1, 0.15) is 19.5 Å². The van der Waals surface area contributed by atoms with E-state index in [-0.39, 0.29) is 11.7 Å². The Morgan fingerprint density at radius 1 is 1.50 bits per heavy atom. The first-order valence-electron chi connectivity index (χ1n) is 5.28. The van der Waals surface area contributed by atoms with Crippen LogP contribution in [0.15, 0.2) is 10.9 Å². The normalized spacial score (nSPS) is 10.8. The predicted molar refractivity (Wildman–Crippen MR) is 60.9 cm³/mol. The fourth-order valence-electron chi connectivity index (χ4n) is 1.34. The summed E-state index contributed by atoms with van der Waals surface area (Å²) >= 11 is 0. The van der Waals surface area contributed by atoms with Gasteiger partial charge in [-0.05, 0) is 20.8 Å². The quantitative estimate of drug-likeness (QED) is 0.751. The Bertz CT molecular complexity index is 399. The van der Waals surface area contributed by atoms with Crippen LogP contribution in [-0.4, -0.2) is 29.4 Å². The molecular formula is C11H18N2O3. The van der Waals surface area contributed by atoms with Crippen molar-refractivity contribution < 1.29 is 9.47 Å². The third-order valence-corrected chi connectivity index (χ3v) is 2.05. The molecule has 1 rings (SSSR count). The first kappa shape index (κ1) is 12.7. The van der Waals surface area contributed by atoms with Gasteiger partial charge in [-0.2, -0.15) is 0 Å². The molecule has 0 unspecified atom stereocenters. The van der Waals surface area contributed by atoms with E-state index >= 15 is 0 Å². The maximum atomic E-state index is 11.7. The van der Waals surface area contributed by atoms with E-state index in [0.29, 0.717) is 24.9 Å². The molecule has 1 aromatic rings. The first-order chi connectivity index (χ1) is 7.54. The Kier molecular flexibility index (Phi) is 4.49. The Morgan fingerprint density at radius 3 is 2.75 bits per heavy atom. The second-order valence-corrected chi connectivity index (χ2v) is 3.79. The molecule has 0 bridgehead atoms. The van der Waals surface area contributed by atoms with Crippen molar-refractivity contribution in [3.8, 4) is 6.01 Å². The number of hydrogen-bond acceptors (Lipinski definition) is 4. The summed E-state index contributed by atoms with van der Waals surface area (Å²) in [5.41, 5.74) is 0.541. The molecule has 5 heteroatoms. The van der Waals surface area contributed by atoms with E-state index in [1.165, 1.54) is 17.7 Å². The van der Waals surface area contributed by atoms with Gasteiger partial charge in [-0.15, -0.1) is 0 Å². The van der Waals surface area contributed by atoms with Gasteiger partial charge in [-0.3, -0.25) is 9.36 Å². The number of rotatable bonds is 5. The predicted octanol–water partition coefficient (Wildman–Crippen LogP) is 0.985. The van der Waals surface area contributed by atoms with Gasteiger partial charge in [0.15, 0.2) is 0 Å². The summed E-state index contributed by atoms with van der Waals surface area (Å²) in [5.74, 6) is 0. The summed E-state index contributed by atoms with van der Waals surface area (Å²) in [5, 5.41) is 0. The van der Waals surface area contributed by atoms with Crippen molar-refractivity contribution in [2.75, 3.05) is 13.7 Å². The summed E-state index contributed by atoms with van der Waals surface area (Å²) in [4.78, 5) is 15.8. The number of hydrogen-bond donors (Lipinski definition) is 0. The summed E-state index contributed by atoms with van der Waals surface area (Å²) in [6.07, 6.45) is 0.153. The van der Waals surface area contributed by atoms with Gasteiger partial charge in [0.1, 0.15) is 0 Å². The lowest BCUT2D eigenvalue weighted by molar-refractivity contribution is 0.0705. The van der Waals surface area contributed by atoms with Crippen molar-refractivity contribution in [1.29, 1.82) is 0 Å². The number of aromatic nitrogens is 2. The van der Waals surface area contributed by atoms with Crippen LogP contribution in [0.5, 0.6) is 6.01 Å². The summed E-state index contributed by atoms with van der Waals surface area (Å²) in [6.45, 7) is 6.59. The van der Waals surface area contributed by atoms with Gasteiger partial charge < -0.3 is 9.47 Å². The second kappa shape index (κ2) is 5.65. The van der Waals surface area contributed by atoms with E-state index in [0.717, 1.165) is 0 Å². The first-order valence-corrected chi connectivity index (χ1v) is 5.28. The molecule has 0 aliphatic rings. The fourth-order valence-corrected chi connectivity index (χ4v) is 1.34. The van der Waals surface area contributed by atoms with Gasteiger partial charge >= 0.3 is 0 Å². The summed E-state index contributed by atoms with van der Waals surface area (Å²) in [7, 11) is 1.50. The molecule has 0 fully saturated rings. The highest BCUT2D eigenvalue weighted by molar-refractivity contribution is 5.06. The Morgan fingerprint density at radius 2 is 2.19 bits per heavy atom. The zero-order valence-corrected chi connectivity index (χ0v) is 10.2. The SMILES string of the molecule is COc1nc(C)cc(=O)n1CCOC(C)C. The van der Waals surface area contributed by atoms with Crippen molar-refractivity contribution in [3.63, 3.8) is 0 Å². The van der Waals surface area contributed by atoms with Gasteiger partial charge in [0.05, 0.1) is 26.4 Å². The lowest BCUT2D eigenvalue weighted by atomic mass is 10.4. The molecule has 0 saturated carbocycles. The average molecular weight is 226 g/mol. The molecule has 0 saturated heterocycles. The minimum atomic E-state index is -0.114. The van der Waals surface area contributed by atoms with Gasteiger partial charge in [0.25, 0.3) is 11.6 Å². The minimum Gasteiger partial charge on any atom is -0.468 e. The molecule has 16 heavy (non-hydrogen) atoms. The van der Waals surface area contributed by atoms with E-state index in [9.17, 15) is 4.79 Å². The highest BCUT2D eigenvalue weighted by Gasteiger charge is 2.07. The van der Waals surface area contributed by atoms with Crippen LogP contribution in [-0.2, 0) is 11.3 Å². The van der Waals surface area contributed by atoms with Crippen molar-refractivity contribution >= 4 is 0 Å². The molecule has 0 spiro atoms. The van der Waals surface area contributed by atoms with E-state index < -0.39 is 0 Å². The van der Waals surface area contributed by atoms with E-state index in [1.807, 2.05) is 13.8 Å². The standard InChI is InChI=1S/C11H18N2O3/c1-8(2)16-6-5-13-10(14)7-9(3)12-11(13)15-4/h7-8H,5-6H2,1-4H3. The number of ether oxygens (including phenoxy) is 2. The average Bonchev–Trinajstić information content (AvgIpc) is 2.20. The minimum absolute atomic E-state index is 0.114. The Labute approximate surface area is 95.0 Å². The zero-order chi connectivity index (χ0) is 12.1. The van der Waals surface area contributed by atoms with E-state index in [2.05, 4.69) is 4.98 Å². The highest BCUT2D eigenvalue weighted by atomic mass is 16.5. The number of methoxy groups -OCH3 is 1. The molecular weight excluding hydrogens is 208 g/mol. The monoisotopic (exact) mass is 226 g/mol. The topological polar surface area (TPSA) is 53.3 Å². The molecule has 0 radical (unpaired) electrons. The number of nitrogens with zero attached hydrogens (tertiary/aromatic N) is 2. The zero-order valence-electron chi connectivity index (χ0n) is 10.2. The van der Waals surface area contributed by atoms with Crippen molar-refractivity contribution in [2.24, 2.45) is 0 Å². The number of aryl methyl sites for hydroxylation is 1. The Balaban J connectivity index is 2.82. The lowest BCUT2D eigenvalue weighted by Gasteiger charge is -2.12. The molecule has 1 heterocycles. The van der Waals surface area contributed by atoms with Crippen LogP contribution in [0, 0.1) is 6.92 Å². The van der Waals surface area contributed by atoms with Crippen LogP contribution < -0.4 is 10.3 Å². The van der Waals surface area contributed by atoms with Crippen molar-refractivity contribution in [2.45, 2.75) is 33.4 Å². The van der Waals surface area contributed by atoms with Gasteiger partial charge in [0.2, 0.25) is 0 Å². The van der Waals surface area contributed by atoms with Crippen LogP contribution >= 0.6 is 0 Å². The van der Waals surface area contributed by atoms with Gasteiger partial charge in [-0.25, -0.2) is 4.98 Å². The smallest absolute Gasteiger partial charge is 0.299 e. The van der Waals surface area contributed by atoms with E-state index in [1.54, 1.807) is 6.92 Å². The largest absolute Gasteiger partial charge is 0.468 e. The van der Waals surface area contributed by atoms with Crippen molar-refractivity contribution in [1.82, 2.24) is 9.55 Å². The molecule has 0 N–H and O–H groups in total. The third kappa shape index (κ3) is 3.34.